The van der Waals surface area contributed by atoms with Crippen LogP contribution in [0.4, 0.5) is 0 Å². The Morgan fingerprint density at radius 1 is 1.10 bits per heavy atom. The number of hydrogen-bond acceptors (Lipinski definition) is 3. The predicted octanol–water partition coefficient (Wildman–Crippen LogP) is 1.22. The molecule has 0 unspecified atom stereocenters. The van der Waals surface area contributed by atoms with Gasteiger partial charge in [0.15, 0.2) is 0 Å². The summed E-state index contributed by atoms with van der Waals surface area (Å²) in [7, 11) is 1.79. The van der Waals surface area contributed by atoms with Gasteiger partial charge >= 0.3 is 0 Å². The Morgan fingerprint density at radius 2 is 1.75 bits per heavy atom. The molecule has 112 valence electrons. The number of nitrogens with one attached hydrogen (secondary N) is 3. The van der Waals surface area contributed by atoms with E-state index in [1.54, 1.807) is 31.3 Å². The van der Waals surface area contributed by atoms with Gasteiger partial charge in [-0.25, -0.2) is 0 Å². The number of halogens is 2. The van der Waals surface area contributed by atoms with Crippen molar-refractivity contribution in [3.05, 3.63) is 34.9 Å². The second-order valence-corrected chi connectivity index (χ2v) is 4.35. The molecule has 20 heavy (non-hydrogen) atoms. The Bertz CT molecular complexity index is 441. The molecule has 0 aliphatic carbocycles. The van der Waals surface area contributed by atoms with Crippen LogP contribution in [0.3, 0.4) is 0 Å². The van der Waals surface area contributed by atoms with Crippen molar-refractivity contribution in [2.24, 2.45) is 0 Å². The lowest BCUT2D eigenvalue weighted by Crippen LogP contribution is -2.35. The molecular formula is C13H19Cl2N3O2. The van der Waals surface area contributed by atoms with E-state index in [0.29, 0.717) is 36.6 Å². The summed E-state index contributed by atoms with van der Waals surface area (Å²) in [6, 6.07) is 6.83. The lowest BCUT2D eigenvalue weighted by Gasteiger charge is -2.08. The van der Waals surface area contributed by atoms with Crippen LogP contribution >= 0.6 is 24.0 Å². The van der Waals surface area contributed by atoms with Crippen LogP contribution in [-0.4, -0.2) is 38.5 Å². The van der Waals surface area contributed by atoms with E-state index < -0.39 is 0 Å². The van der Waals surface area contributed by atoms with Gasteiger partial charge in [0.25, 0.3) is 5.91 Å². The molecule has 0 saturated carbocycles. The van der Waals surface area contributed by atoms with Gasteiger partial charge in [0, 0.05) is 26.1 Å². The van der Waals surface area contributed by atoms with Gasteiger partial charge in [-0.1, -0.05) is 23.7 Å². The van der Waals surface area contributed by atoms with Crippen molar-refractivity contribution in [1.29, 1.82) is 0 Å². The van der Waals surface area contributed by atoms with Gasteiger partial charge in [-0.3, -0.25) is 9.59 Å². The molecule has 1 rings (SSSR count). The highest BCUT2D eigenvalue weighted by Crippen LogP contribution is 2.14. The van der Waals surface area contributed by atoms with Crippen LogP contribution in [0.5, 0.6) is 0 Å². The third kappa shape index (κ3) is 6.75. The van der Waals surface area contributed by atoms with Crippen LogP contribution in [0.2, 0.25) is 5.02 Å². The minimum atomic E-state index is -0.241. The first kappa shape index (κ1) is 18.7. The van der Waals surface area contributed by atoms with Crippen molar-refractivity contribution in [2.45, 2.75) is 6.42 Å². The van der Waals surface area contributed by atoms with Crippen LogP contribution in [0, 0.1) is 0 Å². The van der Waals surface area contributed by atoms with E-state index in [4.69, 9.17) is 11.6 Å². The standard InChI is InChI=1S/C13H18ClN3O2.ClH/c1-15-7-6-12(18)16-8-9-17-13(19)10-4-2-3-5-11(10)14;/h2-5,15H,6-9H2,1H3,(H,16,18)(H,17,19);1H. The minimum absolute atomic E-state index is 0. The Balaban J connectivity index is 0.00000361. The fourth-order valence-corrected chi connectivity index (χ4v) is 1.67. The molecule has 0 heterocycles. The molecular weight excluding hydrogens is 301 g/mol. The van der Waals surface area contributed by atoms with Crippen LogP contribution in [0.15, 0.2) is 24.3 Å². The number of amides is 2. The maximum atomic E-state index is 11.8. The van der Waals surface area contributed by atoms with E-state index in [1.807, 2.05) is 0 Å². The van der Waals surface area contributed by atoms with E-state index >= 15 is 0 Å². The third-order valence-electron chi connectivity index (χ3n) is 2.45. The molecule has 1 aromatic rings. The monoisotopic (exact) mass is 319 g/mol. The van der Waals surface area contributed by atoms with Crippen LogP contribution < -0.4 is 16.0 Å². The summed E-state index contributed by atoms with van der Waals surface area (Å²) in [5.41, 5.74) is 0.436. The smallest absolute Gasteiger partial charge is 0.252 e. The summed E-state index contributed by atoms with van der Waals surface area (Å²) in [6.45, 7) is 1.41. The SMILES string of the molecule is CNCCC(=O)NCCNC(=O)c1ccccc1Cl.Cl. The number of hydrogen-bond donors (Lipinski definition) is 3. The zero-order chi connectivity index (χ0) is 14.1. The van der Waals surface area contributed by atoms with Crippen LogP contribution in [0.1, 0.15) is 16.8 Å². The summed E-state index contributed by atoms with van der Waals surface area (Å²) in [5.74, 6) is -0.281. The maximum absolute atomic E-state index is 11.8. The summed E-state index contributed by atoms with van der Waals surface area (Å²) < 4.78 is 0. The van der Waals surface area contributed by atoms with Crippen molar-refractivity contribution >= 4 is 35.8 Å². The zero-order valence-electron chi connectivity index (χ0n) is 11.2. The zero-order valence-corrected chi connectivity index (χ0v) is 12.8. The first-order valence-electron chi connectivity index (χ1n) is 6.09. The van der Waals surface area contributed by atoms with E-state index in [9.17, 15) is 9.59 Å². The molecule has 0 aliphatic heterocycles. The molecule has 5 nitrogen and oxygen atoms in total. The predicted molar refractivity (Wildman–Crippen MR) is 82.6 cm³/mol. The van der Waals surface area contributed by atoms with E-state index in [0.717, 1.165) is 0 Å². The van der Waals surface area contributed by atoms with E-state index in [-0.39, 0.29) is 24.2 Å². The van der Waals surface area contributed by atoms with Gasteiger partial charge in [-0.2, -0.15) is 0 Å². The van der Waals surface area contributed by atoms with Crippen molar-refractivity contribution < 1.29 is 9.59 Å². The molecule has 1 aromatic carbocycles. The van der Waals surface area contributed by atoms with Gasteiger partial charge in [0.05, 0.1) is 10.6 Å². The molecule has 3 N–H and O–H groups in total. The first-order valence-corrected chi connectivity index (χ1v) is 6.47. The molecule has 0 bridgehead atoms. The second-order valence-electron chi connectivity index (χ2n) is 3.94. The number of benzene rings is 1. The fraction of sp³-hybridized carbons (Fsp3) is 0.385. The highest BCUT2D eigenvalue weighted by Gasteiger charge is 2.08. The normalized spacial score (nSPS) is 9.50. The molecule has 7 heteroatoms. The largest absolute Gasteiger partial charge is 0.354 e. The van der Waals surface area contributed by atoms with Gasteiger partial charge < -0.3 is 16.0 Å². The van der Waals surface area contributed by atoms with Crippen molar-refractivity contribution in [2.75, 3.05) is 26.7 Å². The van der Waals surface area contributed by atoms with Crippen LogP contribution in [0.25, 0.3) is 0 Å². The highest BCUT2D eigenvalue weighted by atomic mass is 35.5. The topological polar surface area (TPSA) is 70.2 Å². The molecule has 0 saturated heterocycles. The van der Waals surface area contributed by atoms with Crippen molar-refractivity contribution in [3.8, 4) is 0 Å². The Hall–Kier alpha value is -1.30. The first-order chi connectivity index (χ1) is 9.15. The third-order valence-corrected chi connectivity index (χ3v) is 2.78. The number of rotatable bonds is 7. The second kappa shape index (κ2) is 10.5. The summed E-state index contributed by atoms with van der Waals surface area (Å²) >= 11 is 5.90. The molecule has 0 fully saturated rings. The van der Waals surface area contributed by atoms with Crippen molar-refractivity contribution in [1.82, 2.24) is 16.0 Å². The summed E-state index contributed by atoms with van der Waals surface area (Å²) in [4.78, 5) is 23.0. The van der Waals surface area contributed by atoms with Crippen molar-refractivity contribution in [3.63, 3.8) is 0 Å². The van der Waals surface area contributed by atoms with Gasteiger partial charge in [-0.05, 0) is 19.2 Å². The molecule has 0 aromatic heterocycles. The Labute approximate surface area is 129 Å². The average Bonchev–Trinajstić information content (AvgIpc) is 2.41. The molecule has 0 aliphatic rings. The fourth-order valence-electron chi connectivity index (χ4n) is 1.45. The van der Waals surface area contributed by atoms with Crippen LogP contribution in [-0.2, 0) is 4.79 Å². The summed E-state index contributed by atoms with van der Waals surface area (Å²) in [6.07, 6.45) is 0.426. The van der Waals surface area contributed by atoms with E-state index in [1.165, 1.54) is 0 Å². The maximum Gasteiger partial charge on any atom is 0.252 e. The van der Waals surface area contributed by atoms with Gasteiger partial charge in [0.2, 0.25) is 5.91 Å². The molecule has 0 atom stereocenters. The number of carbonyl (C=O) groups is 2. The van der Waals surface area contributed by atoms with E-state index in [2.05, 4.69) is 16.0 Å². The number of carbonyl (C=O) groups excluding carboxylic acids is 2. The highest BCUT2D eigenvalue weighted by molar-refractivity contribution is 6.33. The lowest BCUT2D eigenvalue weighted by atomic mass is 10.2. The molecule has 0 spiro atoms. The lowest BCUT2D eigenvalue weighted by molar-refractivity contribution is -0.120. The average molecular weight is 320 g/mol. The van der Waals surface area contributed by atoms with Gasteiger partial charge in [-0.15, -0.1) is 12.4 Å². The Kier molecular flexibility index (Phi) is 9.80. The molecule has 0 radical (unpaired) electrons. The summed E-state index contributed by atoms with van der Waals surface area (Å²) in [5, 5.41) is 8.71. The quantitative estimate of drug-likeness (QED) is 0.662. The Morgan fingerprint density at radius 3 is 2.40 bits per heavy atom. The minimum Gasteiger partial charge on any atom is -0.354 e. The van der Waals surface area contributed by atoms with Gasteiger partial charge in [0.1, 0.15) is 0 Å². The molecule has 2 amide bonds.